The third kappa shape index (κ3) is 2.26. The number of carbonyl (C=O) groups excluding carboxylic acids is 3. The van der Waals surface area contributed by atoms with E-state index in [0.717, 1.165) is 0 Å². The summed E-state index contributed by atoms with van der Waals surface area (Å²) in [7, 11) is 0. The smallest absolute Gasteiger partial charge is 0.259 e. The summed E-state index contributed by atoms with van der Waals surface area (Å²) >= 11 is 5.89. The quantitative estimate of drug-likeness (QED) is 0.645. The number of hydrogen-bond acceptors (Lipinski definition) is 5. The molecule has 0 bridgehead atoms. The molecular weight excluding hydrogens is 308 g/mol. The minimum absolute atomic E-state index is 0.185. The summed E-state index contributed by atoms with van der Waals surface area (Å²) in [5, 5.41) is 22.1. The van der Waals surface area contributed by atoms with Gasteiger partial charge in [0.25, 0.3) is 5.91 Å². The molecular formula is C15H11ClN2O4. The molecule has 2 rings (SSSR count). The second kappa shape index (κ2) is 5.62. The molecule has 1 unspecified atom stereocenters. The zero-order valence-electron chi connectivity index (χ0n) is 11.5. The Balaban J connectivity index is 2.70. The summed E-state index contributed by atoms with van der Waals surface area (Å²) in [6, 6.07) is 6.19. The Morgan fingerprint density at radius 1 is 1.55 bits per heavy atom. The van der Waals surface area contributed by atoms with Crippen LogP contribution < -0.4 is 5.32 Å². The van der Waals surface area contributed by atoms with Crippen molar-refractivity contribution in [3.05, 3.63) is 39.9 Å². The lowest BCUT2D eigenvalue weighted by molar-refractivity contribution is -0.125. The van der Waals surface area contributed by atoms with Gasteiger partial charge < -0.3 is 15.2 Å². The Labute approximate surface area is 131 Å². The van der Waals surface area contributed by atoms with Crippen molar-refractivity contribution in [1.82, 2.24) is 5.32 Å². The number of rotatable bonds is 3. The van der Waals surface area contributed by atoms with Crippen LogP contribution >= 0.6 is 11.6 Å². The highest BCUT2D eigenvalue weighted by molar-refractivity contribution is 6.32. The highest BCUT2D eigenvalue weighted by atomic mass is 35.5. The molecule has 6 nitrogen and oxygen atoms in total. The molecule has 2 N–H and O–H groups in total. The number of aldehydes is 1. The van der Waals surface area contributed by atoms with Gasteiger partial charge in [-0.1, -0.05) is 11.6 Å². The van der Waals surface area contributed by atoms with E-state index in [4.69, 9.17) is 11.6 Å². The minimum atomic E-state index is -1.65. The van der Waals surface area contributed by atoms with Crippen LogP contribution in [-0.4, -0.2) is 29.6 Å². The Kier molecular flexibility index (Phi) is 4.02. The Morgan fingerprint density at radius 2 is 2.23 bits per heavy atom. The number of hydrogen-bond donors (Lipinski definition) is 2. The van der Waals surface area contributed by atoms with Crippen LogP contribution in [0.25, 0.3) is 5.76 Å². The molecule has 0 radical (unpaired) electrons. The molecule has 1 aromatic carbocycles. The lowest BCUT2D eigenvalue weighted by Gasteiger charge is -2.29. The number of aliphatic hydroxyl groups excluding tert-OH is 1. The molecule has 1 aliphatic rings. The zero-order chi connectivity index (χ0) is 16.5. The maximum atomic E-state index is 12.5. The minimum Gasteiger partial charge on any atom is -0.506 e. The number of aliphatic hydroxyl groups is 1. The van der Waals surface area contributed by atoms with E-state index in [2.05, 4.69) is 5.32 Å². The number of carbonyl (C=O) groups is 3. The van der Waals surface area contributed by atoms with Gasteiger partial charge in [-0.2, -0.15) is 5.26 Å². The maximum Gasteiger partial charge on any atom is 0.259 e. The van der Waals surface area contributed by atoms with Crippen LogP contribution in [0.1, 0.15) is 18.1 Å². The van der Waals surface area contributed by atoms with Crippen molar-refractivity contribution in [3.8, 4) is 6.07 Å². The van der Waals surface area contributed by atoms with Crippen molar-refractivity contribution < 1.29 is 19.5 Å². The highest BCUT2D eigenvalue weighted by Gasteiger charge is 2.47. The summed E-state index contributed by atoms with van der Waals surface area (Å²) in [5.41, 5.74) is -1.78. The van der Waals surface area contributed by atoms with E-state index >= 15 is 0 Å². The molecule has 0 aromatic heterocycles. The van der Waals surface area contributed by atoms with Crippen LogP contribution in [0.3, 0.4) is 0 Å². The van der Waals surface area contributed by atoms with Gasteiger partial charge in [-0.05, 0) is 30.7 Å². The van der Waals surface area contributed by atoms with Crippen molar-refractivity contribution in [3.63, 3.8) is 0 Å². The molecule has 1 aromatic rings. The van der Waals surface area contributed by atoms with Gasteiger partial charge in [-0.3, -0.25) is 9.59 Å². The Bertz CT molecular complexity index is 763. The molecule has 0 heterocycles. The van der Waals surface area contributed by atoms with E-state index in [0.29, 0.717) is 11.3 Å². The first-order chi connectivity index (χ1) is 10.4. The van der Waals surface area contributed by atoms with E-state index in [-0.39, 0.29) is 17.7 Å². The Hall–Kier alpha value is -2.65. The number of benzene rings is 1. The van der Waals surface area contributed by atoms with Gasteiger partial charge in [0.2, 0.25) is 0 Å². The topological polar surface area (TPSA) is 107 Å². The van der Waals surface area contributed by atoms with E-state index in [1.165, 1.54) is 25.1 Å². The van der Waals surface area contributed by atoms with Gasteiger partial charge in [0, 0.05) is 10.6 Å². The average Bonchev–Trinajstić information content (AvgIpc) is 2.50. The third-order valence-electron chi connectivity index (χ3n) is 3.49. The first kappa shape index (κ1) is 15.7. The SMILES string of the molecule is CC1(C#N)C(=O)C(C(=O)NCC=O)=C(O)c2ccc(Cl)cc21. The van der Waals surface area contributed by atoms with Gasteiger partial charge in [-0.25, -0.2) is 0 Å². The van der Waals surface area contributed by atoms with Crippen molar-refractivity contribution in [2.75, 3.05) is 6.54 Å². The average molecular weight is 319 g/mol. The maximum absolute atomic E-state index is 12.5. The van der Waals surface area contributed by atoms with E-state index in [1.54, 1.807) is 0 Å². The molecule has 0 spiro atoms. The lowest BCUT2D eigenvalue weighted by atomic mass is 9.70. The number of amides is 1. The normalized spacial score (nSPS) is 20.1. The predicted molar refractivity (Wildman–Crippen MR) is 78.0 cm³/mol. The van der Waals surface area contributed by atoms with E-state index in [1.807, 2.05) is 6.07 Å². The number of nitrogens with zero attached hydrogens (tertiary/aromatic N) is 1. The molecule has 1 atom stereocenters. The van der Waals surface area contributed by atoms with Crippen LogP contribution in [0, 0.1) is 11.3 Å². The van der Waals surface area contributed by atoms with Crippen molar-refractivity contribution in [2.24, 2.45) is 0 Å². The molecule has 1 aliphatic carbocycles. The highest BCUT2D eigenvalue weighted by Crippen LogP contribution is 2.40. The summed E-state index contributed by atoms with van der Waals surface area (Å²) in [4.78, 5) is 34.9. The number of Topliss-reactive ketones (excluding diaryl/α,β-unsaturated/α-hetero) is 1. The Morgan fingerprint density at radius 3 is 2.82 bits per heavy atom. The number of ketones is 1. The molecule has 0 fully saturated rings. The van der Waals surface area contributed by atoms with Crippen LogP contribution in [0.2, 0.25) is 5.02 Å². The second-order valence-corrected chi connectivity index (χ2v) is 5.29. The molecule has 7 heteroatoms. The van der Waals surface area contributed by atoms with Gasteiger partial charge in [0.15, 0.2) is 5.78 Å². The fourth-order valence-corrected chi connectivity index (χ4v) is 2.47. The van der Waals surface area contributed by atoms with Crippen LogP contribution in [0.15, 0.2) is 23.8 Å². The summed E-state index contributed by atoms with van der Waals surface area (Å²) < 4.78 is 0. The molecule has 22 heavy (non-hydrogen) atoms. The standard InChI is InChI=1S/C15H11ClN2O4/c1-15(7-17)10-6-8(16)2-3-9(10)12(20)11(13(15)21)14(22)18-4-5-19/h2-3,5-6,20H,4H2,1H3,(H,18,22). The largest absolute Gasteiger partial charge is 0.506 e. The van der Waals surface area contributed by atoms with Gasteiger partial charge >= 0.3 is 0 Å². The zero-order valence-corrected chi connectivity index (χ0v) is 12.3. The summed E-state index contributed by atoms with van der Waals surface area (Å²) in [6.45, 7) is 1.05. The molecule has 1 amide bonds. The van der Waals surface area contributed by atoms with Gasteiger partial charge in [-0.15, -0.1) is 0 Å². The van der Waals surface area contributed by atoms with Crippen LogP contribution in [0.5, 0.6) is 0 Å². The van der Waals surface area contributed by atoms with Crippen molar-refractivity contribution in [1.29, 1.82) is 5.26 Å². The van der Waals surface area contributed by atoms with E-state index < -0.39 is 28.4 Å². The van der Waals surface area contributed by atoms with Gasteiger partial charge in [0.1, 0.15) is 23.0 Å². The van der Waals surface area contributed by atoms with Crippen LogP contribution in [0.4, 0.5) is 0 Å². The number of nitriles is 1. The number of fused-ring (bicyclic) bond motifs is 1. The lowest BCUT2D eigenvalue weighted by Crippen LogP contribution is -2.42. The fraction of sp³-hybridized carbons (Fsp3) is 0.200. The monoisotopic (exact) mass is 318 g/mol. The fourth-order valence-electron chi connectivity index (χ4n) is 2.30. The first-order valence-electron chi connectivity index (χ1n) is 6.28. The van der Waals surface area contributed by atoms with Crippen molar-refractivity contribution >= 4 is 35.3 Å². The molecule has 112 valence electrons. The molecule has 0 saturated heterocycles. The molecule has 0 aliphatic heterocycles. The van der Waals surface area contributed by atoms with Crippen molar-refractivity contribution in [2.45, 2.75) is 12.3 Å². The summed E-state index contributed by atoms with van der Waals surface area (Å²) in [6.07, 6.45) is 0.444. The summed E-state index contributed by atoms with van der Waals surface area (Å²) in [5.74, 6) is -2.28. The number of nitrogens with one attached hydrogen (secondary N) is 1. The number of halogens is 1. The first-order valence-corrected chi connectivity index (χ1v) is 6.66. The van der Waals surface area contributed by atoms with E-state index in [9.17, 15) is 24.8 Å². The second-order valence-electron chi connectivity index (χ2n) is 4.86. The predicted octanol–water partition coefficient (Wildman–Crippen LogP) is 1.29. The van der Waals surface area contributed by atoms with Gasteiger partial charge in [0.05, 0.1) is 12.6 Å². The van der Waals surface area contributed by atoms with Crippen LogP contribution in [-0.2, 0) is 19.8 Å². The molecule has 0 saturated carbocycles. The third-order valence-corrected chi connectivity index (χ3v) is 3.73.